The summed E-state index contributed by atoms with van der Waals surface area (Å²) in [7, 11) is 0. The number of aliphatic hydroxyl groups is 2. The molecular formula is C9H16ClNO3. The fraction of sp³-hybridized carbons (Fsp3) is 0.889. The number of rotatable bonds is 2. The van der Waals surface area contributed by atoms with Gasteiger partial charge in [0, 0.05) is 13.1 Å². The summed E-state index contributed by atoms with van der Waals surface area (Å²) >= 11 is 5.66. The number of hydrogen-bond donors (Lipinski definition) is 2. The van der Waals surface area contributed by atoms with Gasteiger partial charge in [-0.05, 0) is 19.8 Å². The number of amides is 1. The maximum atomic E-state index is 11.4. The van der Waals surface area contributed by atoms with Crippen LogP contribution in [0.15, 0.2) is 0 Å². The number of nitrogens with zero attached hydrogens (tertiary/aromatic N) is 1. The van der Waals surface area contributed by atoms with Crippen LogP contribution in [-0.4, -0.2) is 51.7 Å². The van der Waals surface area contributed by atoms with Gasteiger partial charge in [-0.1, -0.05) is 0 Å². The van der Waals surface area contributed by atoms with E-state index in [1.807, 2.05) is 0 Å². The zero-order valence-electron chi connectivity index (χ0n) is 8.24. The smallest absolute Gasteiger partial charge is 0.240 e. The number of likely N-dealkylation sites (tertiary alicyclic amines) is 1. The molecule has 1 atom stereocenters. The predicted octanol–water partition coefficient (Wildman–Crippen LogP) is -0.0405. The Bertz CT molecular complexity index is 212. The van der Waals surface area contributed by atoms with Crippen LogP contribution in [0.2, 0.25) is 0 Å². The molecule has 14 heavy (non-hydrogen) atoms. The van der Waals surface area contributed by atoms with Gasteiger partial charge in [0.05, 0.1) is 12.2 Å². The van der Waals surface area contributed by atoms with Crippen LogP contribution in [0.25, 0.3) is 0 Å². The normalized spacial score (nSPS) is 23.3. The largest absolute Gasteiger partial charge is 0.393 e. The number of hydrogen-bond acceptors (Lipinski definition) is 3. The van der Waals surface area contributed by atoms with Crippen molar-refractivity contribution in [2.75, 3.05) is 19.7 Å². The van der Waals surface area contributed by atoms with Crippen LogP contribution < -0.4 is 0 Å². The molecule has 0 bridgehead atoms. The van der Waals surface area contributed by atoms with E-state index in [4.69, 9.17) is 16.7 Å². The summed E-state index contributed by atoms with van der Waals surface area (Å²) in [6.45, 7) is 2.32. The van der Waals surface area contributed by atoms with Crippen LogP contribution in [0.1, 0.15) is 19.8 Å². The Morgan fingerprint density at radius 1 is 1.57 bits per heavy atom. The van der Waals surface area contributed by atoms with Crippen molar-refractivity contribution in [3.8, 4) is 0 Å². The average molecular weight is 222 g/mol. The summed E-state index contributed by atoms with van der Waals surface area (Å²) in [5.41, 5.74) is -1.01. The van der Waals surface area contributed by atoms with Crippen molar-refractivity contribution in [1.82, 2.24) is 4.90 Å². The highest BCUT2D eigenvalue weighted by Gasteiger charge is 2.33. The molecule has 0 radical (unpaired) electrons. The third kappa shape index (κ3) is 2.59. The van der Waals surface area contributed by atoms with Gasteiger partial charge in [-0.15, -0.1) is 11.6 Å². The van der Waals surface area contributed by atoms with Crippen molar-refractivity contribution in [2.24, 2.45) is 0 Å². The predicted molar refractivity (Wildman–Crippen MR) is 53.2 cm³/mol. The highest BCUT2D eigenvalue weighted by Crippen LogP contribution is 2.22. The first-order valence-corrected chi connectivity index (χ1v) is 5.18. The molecule has 1 aliphatic rings. The summed E-state index contributed by atoms with van der Waals surface area (Å²) < 4.78 is 0. The van der Waals surface area contributed by atoms with Gasteiger partial charge in [0.2, 0.25) is 5.91 Å². The average Bonchev–Trinajstić information content (AvgIpc) is 2.18. The number of piperidine rings is 1. The van der Waals surface area contributed by atoms with Gasteiger partial charge in [-0.25, -0.2) is 0 Å². The zero-order valence-corrected chi connectivity index (χ0v) is 9.00. The standard InChI is InChI=1S/C9H16ClNO3/c1-7(10)8(13)11-4-2-9(14,6-12)3-5-11/h7,12,14H,2-6H2,1H3. The summed E-state index contributed by atoms with van der Waals surface area (Å²) in [6, 6.07) is 0. The van der Waals surface area contributed by atoms with Crippen LogP contribution in [0.4, 0.5) is 0 Å². The minimum Gasteiger partial charge on any atom is -0.393 e. The van der Waals surface area contributed by atoms with Crippen molar-refractivity contribution in [3.63, 3.8) is 0 Å². The second-order valence-corrected chi connectivity index (χ2v) is 4.48. The minimum atomic E-state index is -1.01. The van der Waals surface area contributed by atoms with Crippen LogP contribution in [0.5, 0.6) is 0 Å². The number of halogens is 1. The zero-order chi connectivity index (χ0) is 10.8. The van der Waals surface area contributed by atoms with E-state index in [0.717, 1.165) is 0 Å². The number of alkyl halides is 1. The Labute approximate surface area is 88.5 Å². The van der Waals surface area contributed by atoms with Crippen molar-refractivity contribution in [3.05, 3.63) is 0 Å². The molecule has 2 N–H and O–H groups in total. The second-order valence-electron chi connectivity index (χ2n) is 3.82. The van der Waals surface area contributed by atoms with Crippen molar-refractivity contribution >= 4 is 17.5 Å². The molecule has 1 aliphatic heterocycles. The van der Waals surface area contributed by atoms with Crippen LogP contribution in [0, 0.1) is 0 Å². The number of carbonyl (C=O) groups excluding carboxylic acids is 1. The first kappa shape index (κ1) is 11.8. The Morgan fingerprint density at radius 2 is 2.07 bits per heavy atom. The van der Waals surface area contributed by atoms with Gasteiger partial charge >= 0.3 is 0 Å². The fourth-order valence-corrected chi connectivity index (χ4v) is 1.69. The monoisotopic (exact) mass is 221 g/mol. The van der Waals surface area contributed by atoms with E-state index < -0.39 is 11.0 Å². The number of aliphatic hydroxyl groups excluding tert-OH is 1. The molecule has 0 aliphatic carbocycles. The molecule has 4 nitrogen and oxygen atoms in total. The van der Waals surface area contributed by atoms with E-state index in [9.17, 15) is 9.90 Å². The Hall–Kier alpha value is -0.320. The highest BCUT2D eigenvalue weighted by molar-refractivity contribution is 6.30. The third-order valence-electron chi connectivity index (χ3n) is 2.64. The Balaban J connectivity index is 2.47. The van der Waals surface area contributed by atoms with Gasteiger partial charge in [0.1, 0.15) is 5.38 Å². The SMILES string of the molecule is CC(Cl)C(=O)N1CCC(O)(CO)CC1. The maximum Gasteiger partial charge on any atom is 0.240 e. The molecule has 1 amide bonds. The molecule has 1 rings (SSSR count). The molecular weight excluding hydrogens is 206 g/mol. The van der Waals surface area contributed by atoms with Gasteiger partial charge in [-0.3, -0.25) is 4.79 Å². The second kappa shape index (κ2) is 4.47. The maximum absolute atomic E-state index is 11.4. The van der Waals surface area contributed by atoms with Gasteiger partial charge in [0.25, 0.3) is 0 Å². The molecule has 0 spiro atoms. The summed E-state index contributed by atoms with van der Waals surface area (Å²) in [4.78, 5) is 13.1. The van der Waals surface area contributed by atoms with Crippen LogP contribution >= 0.6 is 11.6 Å². The summed E-state index contributed by atoms with van der Waals surface area (Å²) in [5.74, 6) is -0.105. The fourth-order valence-electron chi connectivity index (χ4n) is 1.55. The van der Waals surface area contributed by atoms with Gasteiger partial charge in [0.15, 0.2) is 0 Å². The molecule has 82 valence electrons. The van der Waals surface area contributed by atoms with E-state index in [2.05, 4.69) is 0 Å². The summed E-state index contributed by atoms with van der Waals surface area (Å²) in [5, 5.41) is 18.1. The molecule has 0 aromatic heterocycles. The van der Waals surface area contributed by atoms with Gasteiger partial charge < -0.3 is 15.1 Å². The lowest BCUT2D eigenvalue weighted by Crippen LogP contribution is -2.49. The lowest BCUT2D eigenvalue weighted by Gasteiger charge is -2.37. The molecule has 0 aromatic carbocycles. The third-order valence-corrected chi connectivity index (χ3v) is 2.83. The topological polar surface area (TPSA) is 60.8 Å². The number of carbonyl (C=O) groups is 1. The summed E-state index contributed by atoms with van der Waals surface area (Å²) in [6.07, 6.45) is 0.831. The molecule has 1 unspecified atom stereocenters. The van der Waals surface area contributed by atoms with Crippen molar-refractivity contribution < 1.29 is 15.0 Å². The highest BCUT2D eigenvalue weighted by atomic mass is 35.5. The molecule has 1 heterocycles. The van der Waals surface area contributed by atoms with E-state index in [1.165, 1.54) is 0 Å². The Kier molecular flexibility index (Phi) is 3.75. The quantitative estimate of drug-likeness (QED) is 0.644. The van der Waals surface area contributed by atoms with Crippen LogP contribution in [0.3, 0.4) is 0 Å². The van der Waals surface area contributed by atoms with Crippen molar-refractivity contribution in [2.45, 2.75) is 30.7 Å². The molecule has 0 saturated carbocycles. The van der Waals surface area contributed by atoms with E-state index in [1.54, 1.807) is 11.8 Å². The minimum absolute atomic E-state index is 0.105. The van der Waals surface area contributed by atoms with E-state index in [-0.39, 0.29) is 12.5 Å². The molecule has 1 saturated heterocycles. The molecule has 0 aromatic rings. The first-order chi connectivity index (χ1) is 6.48. The lowest BCUT2D eigenvalue weighted by molar-refractivity contribution is -0.136. The lowest BCUT2D eigenvalue weighted by atomic mass is 9.92. The first-order valence-electron chi connectivity index (χ1n) is 4.74. The Morgan fingerprint density at radius 3 is 2.43 bits per heavy atom. The molecule has 5 heteroatoms. The van der Waals surface area contributed by atoms with Crippen LogP contribution in [-0.2, 0) is 4.79 Å². The van der Waals surface area contributed by atoms with E-state index >= 15 is 0 Å². The van der Waals surface area contributed by atoms with Gasteiger partial charge in [-0.2, -0.15) is 0 Å². The van der Waals surface area contributed by atoms with Crippen molar-refractivity contribution in [1.29, 1.82) is 0 Å². The molecule has 1 fully saturated rings. The van der Waals surface area contributed by atoms with E-state index in [0.29, 0.717) is 25.9 Å².